The van der Waals surface area contributed by atoms with Gasteiger partial charge >= 0.3 is 5.97 Å². The Labute approximate surface area is 106 Å². The highest BCUT2D eigenvalue weighted by molar-refractivity contribution is 5.93. The summed E-state index contributed by atoms with van der Waals surface area (Å²) in [6.07, 6.45) is 3.75. The molecule has 0 aliphatic rings. The second-order valence-electron chi connectivity index (χ2n) is 4.14. The monoisotopic (exact) mass is 238 g/mol. The maximum atomic E-state index is 11.2. The highest BCUT2D eigenvalue weighted by Gasteiger charge is 2.07. The van der Waals surface area contributed by atoms with Gasteiger partial charge in [-0.1, -0.05) is 60.2 Å². The van der Waals surface area contributed by atoms with E-state index in [0.717, 1.165) is 16.7 Å². The molecule has 0 saturated heterocycles. The Morgan fingerprint density at radius 1 is 1.06 bits per heavy atom. The molecule has 2 rings (SSSR count). The van der Waals surface area contributed by atoms with E-state index in [1.807, 2.05) is 61.5 Å². The molecular weight excluding hydrogens is 224 g/mol. The van der Waals surface area contributed by atoms with Crippen molar-refractivity contribution in [1.29, 1.82) is 0 Å². The normalized spacial score (nSPS) is 10.7. The van der Waals surface area contributed by atoms with Crippen LogP contribution in [0.25, 0.3) is 12.2 Å². The van der Waals surface area contributed by atoms with Gasteiger partial charge in [0.15, 0.2) is 0 Å². The van der Waals surface area contributed by atoms with Gasteiger partial charge in [0.2, 0.25) is 0 Å². The van der Waals surface area contributed by atoms with Crippen molar-refractivity contribution in [3.63, 3.8) is 0 Å². The third-order valence-corrected chi connectivity index (χ3v) is 2.69. The molecule has 0 radical (unpaired) electrons. The first-order chi connectivity index (χ1) is 8.66. The molecular formula is C16H14O2. The standard InChI is InChI=1S/C16H14O2/c1-12-7-9-14(15(11-12)16(17)18)10-8-13-5-3-2-4-6-13/h2-11H,1H3,(H,17,18). The third-order valence-electron chi connectivity index (χ3n) is 2.69. The van der Waals surface area contributed by atoms with E-state index < -0.39 is 5.97 Å². The largest absolute Gasteiger partial charge is 0.478 e. The van der Waals surface area contributed by atoms with Crippen molar-refractivity contribution in [1.82, 2.24) is 0 Å². The number of hydrogen-bond acceptors (Lipinski definition) is 1. The average Bonchev–Trinajstić information content (AvgIpc) is 2.38. The lowest BCUT2D eigenvalue weighted by molar-refractivity contribution is 0.0696. The number of hydrogen-bond donors (Lipinski definition) is 1. The van der Waals surface area contributed by atoms with Crippen LogP contribution in [0.4, 0.5) is 0 Å². The molecule has 0 atom stereocenters. The molecule has 1 N–H and O–H groups in total. The smallest absolute Gasteiger partial charge is 0.336 e. The Bertz CT molecular complexity index is 583. The molecule has 0 bridgehead atoms. The summed E-state index contributed by atoms with van der Waals surface area (Å²) in [5.41, 5.74) is 3.05. The van der Waals surface area contributed by atoms with Crippen molar-refractivity contribution in [3.05, 3.63) is 70.8 Å². The molecule has 0 spiro atoms. The Hall–Kier alpha value is -2.35. The first kappa shape index (κ1) is 12.1. The third kappa shape index (κ3) is 2.86. The van der Waals surface area contributed by atoms with Crippen LogP contribution < -0.4 is 0 Å². The van der Waals surface area contributed by atoms with Gasteiger partial charge in [-0.25, -0.2) is 4.79 Å². The van der Waals surface area contributed by atoms with Gasteiger partial charge in [-0.15, -0.1) is 0 Å². The highest BCUT2D eigenvalue weighted by atomic mass is 16.4. The van der Waals surface area contributed by atoms with Gasteiger partial charge in [0.25, 0.3) is 0 Å². The lowest BCUT2D eigenvalue weighted by Crippen LogP contribution is -1.99. The Kier molecular flexibility index (Phi) is 3.58. The first-order valence-corrected chi connectivity index (χ1v) is 5.74. The molecule has 2 aromatic carbocycles. The van der Waals surface area contributed by atoms with Gasteiger partial charge < -0.3 is 5.11 Å². The molecule has 2 aromatic rings. The number of aromatic carboxylic acids is 1. The molecule has 0 heterocycles. The molecule has 18 heavy (non-hydrogen) atoms. The number of aryl methyl sites for hydroxylation is 1. The number of carbonyl (C=O) groups is 1. The maximum Gasteiger partial charge on any atom is 0.336 e. The predicted octanol–water partition coefficient (Wildman–Crippen LogP) is 3.86. The summed E-state index contributed by atoms with van der Waals surface area (Å²) in [7, 11) is 0. The van der Waals surface area contributed by atoms with Crippen LogP contribution in [0, 0.1) is 6.92 Å². The summed E-state index contributed by atoms with van der Waals surface area (Å²) in [4.78, 5) is 11.2. The van der Waals surface area contributed by atoms with Crippen molar-refractivity contribution in [2.75, 3.05) is 0 Å². The zero-order valence-electron chi connectivity index (χ0n) is 10.1. The minimum atomic E-state index is -0.897. The van der Waals surface area contributed by atoms with E-state index in [1.165, 1.54) is 0 Å². The van der Waals surface area contributed by atoms with Crippen LogP contribution in [0.15, 0.2) is 48.5 Å². The molecule has 90 valence electrons. The summed E-state index contributed by atoms with van der Waals surface area (Å²) in [6.45, 7) is 1.89. The van der Waals surface area contributed by atoms with E-state index in [-0.39, 0.29) is 0 Å². The molecule has 0 amide bonds. The number of carboxylic acids is 1. The molecule has 0 aromatic heterocycles. The van der Waals surface area contributed by atoms with Crippen molar-refractivity contribution in [2.24, 2.45) is 0 Å². The second-order valence-corrected chi connectivity index (χ2v) is 4.14. The summed E-state index contributed by atoms with van der Waals surface area (Å²) >= 11 is 0. The molecule has 0 unspecified atom stereocenters. The zero-order chi connectivity index (χ0) is 13.0. The minimum absolute atomic E-state index is 0.335. The lowest BCUT2D eigenvalue weighted by atomic mass is 10.0. The van der Waals surface area contributed by atoms with Crippen LogP contribution in [0.3, 0.4) is 0 Å². The summed E-state index contributed by atoms with van der Waals surface area (Å²) in [6, 6.07) is 15.2. The number of benzene rings is 2. The zero-order valence-corrected chi connectivity index (χ0v) is 10.1. The fourth-order valence-corrected chi connectivity index (χ4v) is 1.75. The topological polar surface area (TPSA) is 37.3 Å². The Morgan fingerprint density at radius 3 is 2.44 bits per heavy atom. The van der Waals surface area contributed by atoms with Crippen LogP contribution in [-0.4, -0.2) is 11.1 Å². The second kappa shape index (κ2) is 5.32. The molecule has 0 saturated carbocycles. The van der Waals surface area contributed by atoms with Crippen LogP contribution in [0.1, 0.15) is 27.0 Å². The fourth-order valence-electron chi connectivity index (χ4n) is 1.75. The van der Waals surface area contributed by atoms with E-state index in [2.05, 4.69) is 0 Å². The van der Waals surface area contributed by atoms with E-state index in [9.17, 15) is 4.79 Å². The quantitative estimate of drug-likeness (QED) is 0.824. The molecule has 2 heteroatoms. The molecule has 0 fully saturated rings. The van der Waals surface area contributed by atoms with Crippen molar-refractivity contribution in [3.8, 4) is 0 Å². The highest BCUT2D eigenvalue weighted by Crippen LogP contribution is 2.15. The Balaban J connectivity index is 2.35. The summed E-state index contributed by atoms with van der Waals surface area (Å²) < 4.78 is 0. The number of rotatable bonds is 3. The van der Waals surface area contributed by atoms with Crippen LogP contribution in [0.5, 0.6) is 0 Å². The van der Waals surface area contributed by atoms with Crippen LogP contribution >= 0.6 is 0 Å². The van der Waals surface area contributed by atoms with Crippen molar-refractivity contribution in [2.45, 2.75) is 6.92 Å². The fraction of sp³-hybridized carbons (Fsp3) is 0.0625. The minimum Gasteiger partial charge on any atom is -0.478 e. The van der Waals surface area contributed by atoms with E-state index in [4.69, 9.17) is 5.11 Å². The van der Waals surface area contributed by atoms with Crippen LogP contribution in [-0.2, 0) is 0 Å². The van der Waals surface area contributed by atoms with E-state index >= 15 is 0 Å². The van der Waals surface area contributed by atoms with Crippen molar-refractivity contribution < 1.29 is 9.90 Å². The van der Waals surface area contributed by atoms with Gasteiger partial charge in [0, 0.05) is 0 Å². The predicted molar refractivity (Wildman–Crippen MR) is 73.5 cm³/mol. The Morgan fingerprint density at radius 2 is 1.78 bits per heavy atom. The SMILES string of the molecule is Cc1ccc(C=Cc2ccccc2)c(C(=O)O)c1. The van der Waals surface area contributed by atoms with Gasteiger partial charge in [0.1, 0.15) is 0 Å². The van der Waals surface area contributed by atoms with Gasteiger partial charge in [0.05, 0.1) is 5.56 Å². The maximum absolute atomic E-state index is 11.2. The van der Waals surface area contributed by atoms with E-state index in [1.54, 1.807) is 6.07 Å². The number of carboxylic acid groups (broad SMARTS) is 1. The van der Waals surface area contributed by atoms with Gasteiger partial charge in [-0.2, -0.15) is 0 Å². The lowest BCUT2D eigenvalue weighted by Gasteiger charge is -2.02. The summed E-state index contributed by atoms with van der Waals surface area (Å²) in [5, 5.41) is 9.15. The first-order valence-electron chi connectivity index (χ1n) is 5.74. The van der Waals surface area contributed by atoms with E-state index in [0.29, 0.717) is 5.56 Å². The van der Waals surface area contributed by atoms with Gasteiger partial charge in [-0.05, 0) is 24.1 Å². The molecule has 0 aliphatic carbocycles. The van der Waals surface area contributed by atoms with Crippen LogP contribution in [0.2, 0.25) is 0 Å². The molecule has 0 aliphatic heterocycles. The summed E-state index contributed by atoms with van der Waals surface area (Å²) in [5.74, 6) is -0.897. The van der Waals surface area contributed by atoms with Crippen molar-refractivity contribution >= 4 is 18.1 Å². The van der Waals surface area contributed by atoms with Gasteiger partial charge in [-0.3, -0.25) is 0 Å². The average molecular weight is 238 g/mol. The molecule has 2 nitrogen and oxygen atoms in total.